The molecule has 2 heterocycles. The maximum atomic E-state index is 12.1. The van der Waals surface area contributed by atoms with Crippen molar-refractivity contribution >= 4 is 5.91 Å². The summed E-state index contributed by atoms with van der Waals surface area (Å²) in [5.41, 5.74) is 2.98. The van der Waals surface area contributed by atoms with Crippen LogP contribution in [0.1, 0.15) is 27.5 Å². The van der Waals surface area contributed by atoms with E-state index < -0.39 is 0 Å². The van der Waals surface area contributed by atoms with Crippen molar-refractivity contribution in [3.05, 3.63) is 65.5 Å². The van der Waals surface area contributed by atoms with E-state index in [1.54, 1.807) is 17.3 Å². The van der Waals surface area contributed by atoms with Crippen molar-refractivity contribution in [2.45, 2.75) is 6.04 Å². The van der Waals surface area contributed by atoms with Gasteiger partial charge in [0.2, 0.25) is 0 Å². The molecule has 2 aromatic rings. The maximum absolute atomic E-state index is 12.1. The Morgan fingerprint density at radius 1 is 1.12 bits per heavy atom. The normalized spacial score (nSPS) is 18.3. The molecule has 0 saturated heterocycles. The van der Waals surface area contributed by atoms with Gasteiger partial charge in [0.25, 0.3) is 5.91 Å². The van der Waals surface area contributed by atoms with Crippen LogP contribution in [0.4, 0.5) is 0 Å². The first kappa shape index (κ1) is 10.0. The smallest absolute Gasteiger partial charge is 0.254 e. The summed E-state index contributed by atoms with van der Waals surface area (Å²) in [4.78, 5) is 17.9. The molecule has 0 aliphatic carbocycles. The number of nitrogens with zero attached hydrogens (tertiary/aromatic N) is 2. The number of amides is 1. The highest BCUT2D eigenvalue weighted by molar-refractivity contribution is 5.99. The highest BCUT2D eigenvalue weighted by Gasteiger charge is 2.34. The standard InChI is InChI=1S/C14H12N2O/c1-16-13(10-6-8-15-9-7-10)11-4-2-3-5-12(11)14(16)17/h2-9,13H,1H3. The van der Waals surface area contributed by atoms with Gasteiger partial charge in [-0.2, -0.15) is 0 Å². The van der Waals surface area contributed by atoms with Crippen LogP contribution in [-0.4, -0.2) is 22.8 Å². The Bertz CT molecular complexity index is 565. The number of benzene rings is 1. The van der Waals surface area contributed by atoms with E-state index in [0.717, 1.165) is 16.7 Å². The molecule has 1 aliphatic heterocycles. The molecule has 1 unspecified atom stereocenters. The first-order chi connectivity index (χ1) is 8.29. The van der Waals surface area contributed by atoms with E-state index in [1.165, 1.54) is 0 Å². The summed E-state index contributed by atoms with van der Waals surface area (Å²) >= 11 is 0. The molecule has 3 heteroatoms. The minimum Gasteiger partial charge on any atom is -0.331 e. The Morgan fingerprint density at radius 3 is 2.59 bits per heavy atom. The Labute approximate surface area is 99.7 Å². The van der Waals surface area contributed by atoms with Crippen LogP contribution >= 0.6 is 0 Å². The zero-order chi connectivity index (χ0) is 11.8. The monoisotopic (exact) mass is 224 g/mol. The first-order valence-corrected chi connectivity index (χ1v) is 5.55. The largest absolute Gasteiger partial charge is 0.331 e. The van der Waals surface area contributed by atoms with Crippen molar-refractivity contribution in [1.29, 1.82) is 0 Å². The van der Waals surface area contributed by atoms with Crippen LogP contribution in [0.15, 0.2) is 48.8 Å². The Balaban J connectivity index is 2.16. The molecule has 84 valence electrons. The van der Waals surface area contributed by atoms with Crippen molar-refractivity contribution in [1.82, 2.24) is 9.88 Å². The quantitative estimate of drug-likeness (QED) is 0.744. The van der Waals surface area contributed by atoms with Crippen molar-refractivity contribution < 1.29 is 4.79 Å². The average Bonchev–Trinajstić information content (AvgIpc) is 2.64. The minimum absolute atomic E-state index is 0.0155. The van der Waals surface area contributed by atoms with Gasteiger partial charge in [0.05, 0.1) is 6.04 Å². The third-order valence-corrected chi connectivity index (χ3v) is 3.22. The number of hydrogen-bond donors (Lipinski definition) is 0. The molecule has 0 radical (unpaired) electrons. The molecule has 0 fully saturated rings. The van der Waals surface area contributed by atoms with Crippen LogP contribution in [0.25, 0.3) is 0 Å². The second-order valence-corrected chi connectivity index (χ2v) is 4.19. The summed E-state index contributed by atoms with van der Waals surface area (Å²) in [5.74, 6) is 0.0856. The molecule has 0 bridgehead atoms. The van der Waals surface area contributed by atoms with Crippen LogP contribution in [0.3, 0.4) is 0 Å². The molecular formula is C14H12N2O. The number of aromatic nitrogens is 1. The van der Waals surface area contributed by atoms with Crippen molar-refractivity contribution in [3.63, 3.8) is 0 Å². The van der Waals surface area contributed by atoms with E-state index in [4.69, 9.17) is 0 Å². The number of rotatable bonds is 1. The Hall–Kier alpha value is -2.16. The minimum atomic E-state index is 0.0155. The van der Waals surface area contributed by atoms with Gasteiger partial charge >= 0.3 is 0 Å². The average molecular weight is 224 g/mol. The van der Waals surface area contributed by atoms with Gasteiger partial charge in [0.1, 0.15) is 0 Å². The van der Waals surface area contributed by atoms with E-state index in [0.29, 0.717) is 0 Å². The number of fused-ring (bicyclic) bond motifs is 1. The van der Waals surface area contributed by atoms with Gasteiger partial charge in [-0.3, -0.25) is 9.78 Å². The lowest BCUT2D eigenvalue weighted by molar-refractivity contribution is 0.0793. The van der Waals surface area contributed by atoms with Gasteiger partial charge in [-0.05, 0) is 29.3 Å². The predicted molar refractivity (Wildman–Crippen MR) is 64.6 cm³/mol. The zero-order valence-corrected chi connectivity index (χ0v) is 9.50. The fourth-order valence-electron chi connectivity index (χ4n) is 2.39. The summed E-state index contributed by atoms with van der Waals surface area (Å²) < 4.78 is 0. The van der Waals surface area contributed by atoms with E-state index in [-0.39, 0.29) is 11.9 Å². The van der Waals surface area contributed by atoms with E-state index in [1.807, 2.05) is 43.4 Å². The zero-order valence-electron chi connectivity index (χ0n) is 9.50. The molecule has 17 heavy (non-hydrogen) atoms. The molecule has 0 N–H and O–H groups in total. The lowest BCUT2D eigenvalue weighted by Gasteiger charge is -2.20. The third-order valence-electron chi connectivity index (χ3n) is 3.22. The van der Waals surface area contributed by atoms with Gasteiger partial charge in [-0.1, -0.05) is 18.2 Å². The van der Waals surface area contributed by atoms with Gasteiger partial charge in [0, 0.05) is 25.0 Å². The van der Waals surface area contributed by atoms with E-state index in [9.17, 15) is 4.79 Å². The van der Waals surface area contributed by atoms with Crippen LogP contribution < -0.4 is 0 Å². The Kier molecular flexibility index (Phi) is 2.18. The fourth-order valence-corrected chi connectivity index (χ4v) is 2.39. The van der Waals surface area contributed by atoms with Gasteiger partial charge in [-0.25, -0.2) is 0 Å². The predicted octanol–water partition coefficient (Wildman–Crippen LogP) is 2.26. The molecule has 0 spiro atoms. The van der Waals surface area contributed by atoms with Crippen LogP contribution in [-0.2, 0) is 0 Å². The maximum Gasteiger partial charge on any atom is 0.254 e. The lowest BCUT2D eigenvalue weighted by atomic mass is 9.99. The van der Waals surface area contributed by atoms with Gasteiger partial charge < -0.3 is 4.90 Å². The second kappa shape index (κ2) is 3.70. The molecule has 1 atom stereocenters. The highest BCUT2D eigenvalue weighted by Crippen LogP contribution is 2.36. The SMILES string of the molecule is CN1C(=O)c2ccccc2C1c1ccncc1. The second-order valence-electron chi connectivity index (χ2n) is 4.19. The number of pyridine rings is 1. The van der Waals surface area contributed by atoms with Crippen LogP contribution in [0.5, 0.6) is 0 Å². The number of carbonyl (C=O) groups excluding carboxylic acids is 1. The molecule has 0 saturated carbocycles. The molecule has 1 amide bonds. The van der Waals surface area contributed by atoms with Gasteiger partial charge in [-0.15, -0.1) is 0 Å². The molecule has 3 nitrogen and oxygen atoms in total. The van der Waals surface area contributed by atoms with E-state index >= 15 is 0 Å². The van der Waals surface area contributed by atoms with Crippen molar-refractivity contribution in [2.24, 2.45) is 0 Å². The van der Waals surface area contributed by atoms with Crippen molar-refractivity contribution in [2.75, 3.05) is 7.05 Å². The topological polar surface area (TPSA) is 33.2 Å². The first-order valence-electron chi connectivity index (χ1n) is 5.55. The summed E-state index contributed by atoms with van der Waals surface area (Å²) in [5, 5.41) is 0. The summed E-state index contributed by atoms with van der Waals surface area (Å²) in [6.45, 7) is 0. The summed E-state index contributed by atoms with van der Waals surface area (Å²) in [6, 6.07) is 11.7. The summed E-state index contributed by atoms with van der Waals surface area (Å²) in [7, 11) is 1.84. The molecular weight excluding hydrogens is 212 g/mol. The molecule has 1 aromatic carbocycles. The lowest BCUT2D eigenvalue weighted by Crippen LogP contribution is -2.23. The molecule has 3 rings (SSSR count). The fraction of sp³-hybridized carbons (Fsp3) is 0.143. The van der Waals surface area contributed by atoms with E-state index in [2.05, 4.69) is 4.98 Å². The third kappa shape index (κ3) is 1.43. The Morgan fingerprint density at radius 2 is 1.82 bits per heavy atom. The van der Waals surface area contributed by atoms with Crippen LogP contribution in [0.2, 0.25) is 0 Å². The van der Waals surface area contributed by atoms with Gasteiger partial charge in [0.15, 0.2) is 0 Å². The summed E-state index contributed by atoms with van der Waals surface area (Å²) in [6.07, 6.45) is 3.52. The molecule has 1 aromatic heterocycles. The number of carbonyl (C=O) groups is 1. The van der Waals surface area contributed by atoms with Crippen LogP contribution in [0, 0.1) is 0 Å². The highest BCUT2D eigenvalue weighted by atomic mass is 16.2. The number of hydrogen-bond acceptors (Lipinski definition) is 2. The molecule has 1 aliphatic rings. The van der Waals surface area contributed by atoms with Crippen molar-refractivity contribution in [3.8, 4) is 0 Å².